The maximum absolute atomic E-state index is 12.5. The fourth-order valence-electron chi connectivity index (χ4n) is 4.16. The van der Waals surface area contributed by atoms with Crippen LogP contribution in [0.4, 0.5) is 5.69 Å². The minimum Gasteiger partial charge on any atom is -0.371 e. The Kier molecular flexibility index (Phi) is 6.35. The van der Waals surface area contributed by atoms with Crippen LogP contribution in [0.2, 0.25) is 0 Å². The van der Waals surface area contributed by atoms with E-state index >= 15 is 0 Å². The number of likely N-dealkylation sites (tertiary alicyclic amines) is 1. The molecule has 3 rings (SSSR count). The Hall–Kier alpha value is -1.55. The zero-order valence-corrected chi connectivity index (χ0v) is 15.8. The lowest BCUT2D eigenvalue weighted by molar-refractivity contribution is -0.126. The molecular weight excluding hydrogens is 310 g/mol. The van der Waals surface area contributed by atoms with Crippen LogP contribution < -0.4 is 10.2 Å². The predicted octanol–water partition coefficient (Wildman–Crippen LogP) is 3.00. The summed E-state index contributed by atoms with van der Waals surface area (Å²) in [5, 5.41) is 3.24. The topological polar surface area (TPSA) is 35.6 Å². The van der Waals surface area contributed by atoms with Gasteiger partial charge in [0, 0.05) is 37.8 Å². The van der Waals surface area contributed by atoms with Gasteiger partial charge in [-0.1, -0.05) is 32.0 Å². The smallest absolute Gasteiger partial charge is 0.223 e. The molecule has 138 valence electrons. The number of nitrogens with zero attached hydrogens (tertiary/aromatic N) is 2. The van der Waals surface area contributed by atoms with Crippen LogP contribution in [0.3, 0.4) is 0 Å². The standard InChI is InChI=1S/C21H33N3O/c1-17(2)15-23-11-9-19(10-12-23)21(25)22-14-18-8-13-24(16-18)20-6-4-3-5-7-20/h3-7,17-19H,8-16H2,1-2H3,(H,22,25). The Balaban J connectivity index is 1.37. The molecule has 1 amide bonds. The lowest BCUT2D eigenvalue weighted by Crippen LogP contribution is -2.42. The molecule has 25 heavy (non-hydrogen) atoms. The summed E-state index contributed by atoms with van der Waals surface area (Å²) in [5.41, 5.74) is 1.30. The highest BCUT2D eigenvalue weighted by Crippen LogP contribution is 2.23. The van der Waals surface area contributed by atoms with Crippen LogP contribution in [-0.2, 0) is 4.79 Å². The number of benzene rings is 1. The third-order valence-corrected chi connectivity index (χ3v) is 5.55. The quantitative estimate of drug-likeness (QED) is 0.862. The van der Waals surface area contributed by atoms with E-state index in [2.05, 4.69) is 59.3 Å². The highest BCUT2D eigenvalue weighted by atomic mass is 16.1. The van der Waals surface area contributed by atoms with Crippen LogP contribution in [0.25, 0.3) is 0 Å². The van der Waals surface area contributed by atoms with Crippen molar-refractivity contribution in [2.24, 2.45) is 17.8 Å². The molecule has 4 heteroatoms. The van der Waals surface area contributed by atoms with Gasteiger partial charge in [0.05, 0.1) is 0 Å². The molecule has 2 aliphatic heterocycles. The van der Waals surface area contributed by atoms with Gasteiger partial charge < -0.3 is 15.1 Å². The van der Waals surface area contributed by atoms with E-state index in [0.717, 1.165) is 52.1 Å². The summed E-state index contributed by atoms with van der Waals surface area (Å²) < 4.78 is 0. The average molecular weight is 344 g/mol. The van der Waals surface area contributed by atoms with Crippen LogP contribution in [0.15, 0.2) is 30.3 Å². The predicted molar refractivity (Wildman–Crippen MR) is 104 cm³/mol. The number of para-hydroxylation sites is 1. The molecule has 1 atom stereocenters. The van der Waals surface area contributed by atoms with Crippen LogP contribution in [0, 0.1) is 17.8 Å². The van der Waals surface area contributed by atoms with Gasteiger partial charge in [0.1, 0.15) is 0 Å². The van der Waals surface area contributed by atoms with Gasteiger partial charge in [-0.25, -0.2) is 0 Å². The SMILES string of the molecule is CC(C)CN1CCC(C(=O)NCC2CCN(c3ccccc3)C2)CC1. The Morgan fingerprint density at radius 3 is 2.52 bits per heavy atom. The van der Waals surface area contributed by atoms with Crippen LogP contribution in [0.5, 0.6) is 0 Å². The first-order valence-electron chi connectivity index (χ1n) is 9.92. The van der Waals surface area contributed by atoms with Gasteiger partial charge in [0.15, 0.2) is 0 Å². The molecule has 0 radical (unpaired) electrons. The Bertz CT molecular complexity index is 537. The maximum atomic E-state index is 12.5. The van der Waals surface area contributed by atoms with Crippen molar-refractivity contribution >= 4 is 11.6 Å². The molecule has 0 saturated carbocycles. The van der Waals surface area contributed by atoms with Gasteiger partial charge >= 0.3 is 0 Å². The number of amides is 1. The average Bonchev–Trinajstić information content (AvgIpc) is 3.10. The van der Waals surface area contributed by atoms with Crippen molar-refractivity contribution in [3.05, 3.63) is 30.3 Å². The highest BCUT2D eigenvalue weighted by molar-refractivity contribution is 5.78. The summed E-state index contributed by atoms with van der Waals surface area (Å²) in [6.45, 7) is 10.8. The van der Waals surface area contributed by atoms with E-state index in [0.29, 0.717) is 11.8 Å². The molecule has 2 fully saturated rings. The van der Waals surface area contributed by atoms with Gasteiger partial charge in [0.2, 0.25) is 5.91 Å². The van der Waals surface area contributed by atoms with Crippen molar-refractivity contribution in [1.82, 2.24) is 10.2 Å². The van der Waals surface area contributed by atoms with E-state index in [1.165, 1.54) is 12.1 Å². The normalized spacial score (nSPS) is 22.5. The van der Waals surface area contributed by atoms with Gasteiger partial charge in [-0.2, -0.15) is 0 Å². The zero-order valence-electron chi connectivity index (χ0n) is 15.8. The van der Waals surface area contributed by atoms with Gasteiger partial charge in [-0.05, 0) is 56.3 Å². The van der Waals surface area contributed by atoms with Gasteiger partial charge in [-0.15, -0.1) is 0 Å². The molecule has 2 aliphatic rings. The van der Waals surface area contributed by atoms with Crippen molar-refractivity contribution in [3.63, 3.8) is 0 Å². The van der Waals surface area contributed by atoms with Crippen LogP contribution >= 0.6 is 0 Å². The fourth-order valence-corrected chi connectivity index (χ4v) is 4.16. The third-order valence-electron chi connectivity index (χ3n) is 5.55. The molecule has 1 N–H and O–H groups in total. The number of rotatable bonds is 6. The monoisotopic (exact) mass is 343 g/mol. The lowest BCUT2D eigenvalue weighted by Gasteiger charge is -2.32. The van der Waals surface area contributed by atoms with Gasteiger partial charge in [0.25, 0.3) is 0 Å². The number of hydrogen-bond acceptors (Lipinski definition) is 3. The molecule has 1 aromatic carbocycles. The summed E-state index contributed by atoms with van der Waals surface area (Å²) >= 11 is 0. The van der Waals surface area contributed by atoms with Crippen molar-refractivity contribution in [2.45, 2.75) is 33.1 Å². The molecule has 0 aliphatic carbocycles. The summed E-state index contributed by atoms with van der Waals surface area (Å²) in [5.74, 6) is 1.78. The minimum atomic E-state index is 0.218. The molecule has 2 heterocycles. The number of carbonyl (C=O) groups excluding carboxylic acids is 1. The van der Waals surface area contributed by atoms with E-state index in [1.54, 1.807) is 0 Å². The van der Waals surface area contributed by atoms with Crippen molar-refractivity contribution in [2.75, 3.05) is 44.2 Å². The third kappa shape index (κ3) is 5.21. The summed E-state index contributed by atoms with van der Waals surface area (Å²) in [4.78, 5) is 17.4. The van der Waals surface area contributed by atoms with E-state index in [9.17, 15) is 4.79 Å². The molecule has 4 nitrogen and oxygen atoms in total. The second-order valence-electron chi connectivity index (χ2n) is 8.15. The number of nitrogens with one attached hydrogen (secondary N) is 1. The molecule has 0 bridgehead atoms. The van der Waals surface area contributed by atoms with Crippen molar-refractivity contribution in [1.29, 1.82) is 0 Å². The molecule has 1 unspecified atom stereocenters. The Labute approximate surface area is 152 Å². The highest BCUT2D eigenvalue weighted by Gasteiger charge is 2.27. The molecule has 1 aromatic rings. The van der Waals surface area contributed by atoms with E-state index in [1.807, 2.05) is 0 Å². The number of piperidine rings is 1. The second-order valence-corrected chi connectivity index (χ2v) is 8.15. The fraction of sp³-hybridized carbons (Fsp3) is 0.667. The Morgan fingerprint density at radius 2 is 1.84 bits per heavy atom. The van der Waals surface area contributed by atoms with E-state index < -0.39 is 0 Å². The summed E-state index contributed by atoms with van der Waals surface area (Å²) in [6, 6.07) is 10.6. The first-order valence-corrected chi connectivity index (χ1v) is 9.92. The van der Waals surface area contributed by atoms with Crippen molar-refractivity contribution in [3.8, 4) is 0 Å². The first kappa shape index (κ1) is 18.2. The summed E-state index contributed by atoms with van der Waals surface area (Å²) in [7, 11) is 0. The zero-order chi connectivity index (χ0) is 17.6. The second kappa shape index (κ2) is 8.70. The van der Waals surface area contributed by atoms with Gasteiger partial charge in [-0.3, -0.25) is 4.79 Å². The van der Waals surface area contributed by atoms with Crippen LogP contribution in [-0.4, -0.2) is 50.1 Å². The lowest BCUT2D eigenvalue weighted by atomic mass is 9.95. The van der Waals surface area contributed by atoms with Crippen molar-refractivity contribution < 1.29 is 4.79 Å². The van der Waals surface area contributed by atoms with E-state index in [-0.39, 0.29) is 11.8 Å². The van der Waals surface area contributed by atoms with E-state index in [4.69, 9.17) is 0 Å². The number of anilines is 1. The first-order chi connectivity index (χ1) is 12.1. The molecule has 2 saturated heterocycles. The Morgan fingerprint density at radius 1 is 1.12 bits per heavy atom. The van der Waals surface area contributed by atoms with Crippen LogP contribution in [0.1, 0.15) is 33.1 Å². The molecule has 0 aromatic heterocycles. The number of hydrogen-bond donors (Lipinski definition) is 1. The maximum Gasteiger partial charge on any atom is 0.223 e. The minimum absolute atomic E-state index is 0.218. The summed E-state index contributed by atoms with van der Waals surface area (Å²) in [6.07, 6.45) is 3.20. The number of carbonyl (C=O) groups is 1. The molecule has 0 spiro atoms. The molecular formula is C21H33N3O. The largest absolute Gasteiger partial charge is 0.371 e.